The van der Waals surface area contributed by atoms with Crippen LogP contribution in [0.1, 0.15) is 0 Å². The first kappa shape index (κ1) is 12.8. The summed E-state index contributed by atoms with van der Waals surface area (Å²) >= 11 is 1.08. The maximum absolute atomic E-state index is 13.6. The van der Waals surface area contributed by atoms with Gasteiger partial charge in [-0.25, -0.2) is 17.8 Å². The highest BCUT2D eigenvalue weighted by Crippen LogP contribution is 2.28. The number of hydrogen-bond donors (Lipinski definition) is 2. The van der Waals surface area contributed by atoms with Crippen LogP contribution < -0.4 is 10.5 Å². The molecule has 0 fully saturated rings. The number of hydrogen-bond acceptors (Lipinski definition) is 5. The first-order valence-corrected chi connectivity index (χ1v) is 7.61. The topological polar surface area (TPSA) is 85.1 Å². The van der Waals surface area contributed by atoms with Gasteiger partial charge in [0.1, 0.15) is 5.82 Å². The average Bonchev–Trinajstić information content (AvgIpc) is 2.63. The zero-order valence-electron chi connectivity index (χ0n) is 9.34. The molecule has 0 aliphatic heterocycles. The molecule has 8 heteroatoms. The van der Waals surface area contributed by atoms with Crippen LogP contribution in [-0.4, -0.2) is 19.7 Å². The quantitative estimate of drug-likeness (QED) is 0.844. The second-order valence-corrected chi connectivity index (χ2v) is 6.26. The molecule has 2 rings (SSSR count). The summed E-state index contributed by atoms with van der Waals surface area (Å²) in [6.45, 7) is 0. The Morgan fingerprint density at radius 2 is 2.17 bits per heavy atom. The molecule has 1 heterocycles. The van der Waals surface area contributed by atoms with E-state index in [0.29, 0.717) is 11.4 Å². The van der Waals surface area contributed by atoms with E-state index in [9.17, 15) is 12.8 Å². The molecule has 5 nitrogen and oxygen atoms in total. The van der Waals surface area contributed by atoms with Gasteiger partial charge in [0.15, 0.2) is 5.13 Å². The minimum Gasteiger partial charge on any atom is -0.399 e. The third-order valence-electron chi connectivity index (χ3n) is 2.05. The predicted octanol–water partition coefficient (Wildman–Crippen LogP) is 1.90. The number of benzene rings is 1. The Bertz CT molecular complexity index is 682. The largest absolute Gasteiger partial charge is 0.399 e. The second-order valence-electron chi connectivity index (χ2n) is 3.65. The van der Waals surface area contributed by atoms with E-state index in [1.165, 1.54) is 12.1 Å². The molecule has 3 N–H and O–H groups in total. The van der Waals surface area contributed by atoms with Crippen LogP contribution in [0.5, 0.6) is 0 Å². The molecule has 0 spiro atoms. The fourth-order valence-electron chi connectivity index (χ4n) is 1.34. The number of halogens is 1. The van der Waals surface area contributed by atoms with Gasteiger partial charge in [-0.2, -0.15) is 0 Å². The third-order valence-corrected chi connectivity index (χ3v) is 3.50. The van der Waals surface area contributed by atoms with Crippen molar-refractivity contribution in [2.45, 2.75) is 0 Å². The van der Waals surface area contributed by atoms with E-state index in [4.69, 9.17) is 5.73 Å². The number of aromatic nitrogens is 1. The summed E-state index contributed by atoms with van der Waals surface area (Å²) in [6, 6.07) is 4.25. The van der Waals surface area contributed by atoms with E-state index < -0.39 is 15.8 Å². The zero-order valence-corrected chi connectivity index (χ0v) is 11.0. The van der Waals surface area contributed by atoms with Crippen molar-refractivity contribution in [3.8, 4) is 11.3 Å². The van der Waals surface area contributed by atoms with Gasteiger partial charge < -0.3 is 5.73 Å². The Labute approximate surface area is 108 Å². The van der Waals surface area contributed by atoms with Crippen LogP contribution in [-0.2, 0) is 10.0 Å². The number of sulfonamides is 1. The van der Waals surface area contributed by atoms with E-state index >= 15 is 0 Å². The van der Waals surface area contributed by atoms with Gasteiger partial charge in [0.25, 0.3) is 0 Å². The summed E-state index contributed by atoms with van der Waals surface area (Å²) in [5.41, 5.74) is 6.41. The summed E-state index contributed by atoms with van der Waals surface area (Å²) in [4.78, 5) is 4.00. The summed E-state index contributed by atoms with van der Waals surface area (Å²) in [7, 11) is -3.38. The minimum absolute atomic E-state index is 0.198. The first-order valence-electron chi connectivity index (χ1n) is 4.84. The zero-order chi connectivity index (χ0) is 13.3. The lowest BCUT2D eigenvalue weighted by Crippen LogP contribution is -2.09. The highest BCUT2D eigenvalue weighted by Gasteiger charge is 2.11. The van der Waals surface area contributed by atoms with Crippen LogP contribution in [0.2, 0.25) is 0 Å². The number of nitrogens with two attached hydrogens (primary N) is 1. The SMILES string of the molecule is CS(=O)(=O)Nc1nc(-c2ccc(N)cc2F)cs1. The highest BCUT2D eigenvalue weighted by molar-refractivity contribution is 7.92. The molecule has 0 aliphatic rings. The number of rotatable bonds is 3. The maximum atomic E-state index is 13.6. The van der Waals surface area contributed by atoms with Gasteiger partial charge in [-0.15, -0.1) is 11.3 Å². The maximum Gasteiger partial charge on any atom is 0.231 e. The van der Waals surface area contributed by atoms with Gasteiger partial charge in [-0.1, -0.05) is 0 Å². The third kappa shape index (κ3) is 2.96. The van der Waals surface area contributed by atoms with E-state index in [1.54, 1.807) is 11.4 Å². The fraction of sp³-hybridized carbons (Fsp3) is 0.100. The number of anilines is 2. The molecule has 0 amide bonds. The molecule has 96 valence electrons. The lowest BCUT2D eigenvalue weighted by Gasteiger charge is -2.00. The van der Waals surface area contributed by atoms with Crippen LogP contribution in [0.15, 0.2) is 23.6 Å². The molecule has 1 aromatic heterocycles. The number of nitrogens with one attached hydrogen (secondary N) is 1. The fourth-order valence-corrected chi connectivity index (χ4v) is 2.91. The number of nitrogens with zero attached hydrogens (tertiary/aromatic N) is 1. The Morgan fingerprint density at radius 3 is 2.78 bits per heavy atom. The molecule has 2 aromatic rings. The van der Waals surface area contributed by atoms with Gasteiger partial charge in [0.05, 0.1) is 11.9 Å². The van der Waals surface area contributed by atoms with Crippen LogP contribution in [0.4, 0.5) is 15.2 Å². The van der Waals surface area contributed by atoms with Gasteiger partial charge in [-0.3, -0.25) is 4.72 Å². The van der Waals surface area contributed by atoms with Crippen molar-refractivity contribution in [3.05, 3.63) is 29.4 Å². The van der Waals surface area contributed by atoms with Crippen molar-refractivity contribution >= 4 is 32.2 Å². The number of nitrogen functional groups attached to an aromatic ring is 1. The molecular formula is C10H10FN3O2S2. The summed E-state index contributed by atoms with van der Waals surface area (Å²) in [6.07, 6.45) is 1.03. The van der Waals surface area contributed by atoms with Crippen molar-refractivity contribution < 1.29 is 12.8 Å². The Balaban J connectivity index is 2.35. The Kier molecular flexibility index (Phi) is 3.22. The monoisotopic (exact) mass is 287 g/mol. The molecule has 18 heavy (non-hydrogen) atoms. The van der Waals surface area contributed by atoms with Crippen molar-refractivity contribution in [2.75, 3.05) is 16.7 Å². The van der Waals surface area contributed by atoms with Crippen LogP contribution in [0.25, 0.3) is 11.3 Å². The van der Waals surface area contributed by atoms with E-state index in [2.05, 4.69) is 9.71 Å². The summed E-state index contributed by atoms with van der Waals surface area (Å²) < 4.78 is 37.9. The highest BCUT2D eigenvalue weighted by atomic mass is 32.2. The number of thiazole rings is 1. The molecule has 0 atom stereocenters. The normalized spacial score (nSPS) is 11.4. The van der Waals surface area contributed by atoms with E-state index in [0.717, 1.165) is 17.6 Å². The van der Waals surface area contributed by atoms with Gasteiger partial charge >= 0.3 is 0 Å². The smallest absolute Gasteiger partial charge is 0.231 e. The lowest BCUT2D eigenvalue weighted by atomic mass is 10.1. The minimum atomic E-state index is -3.38. The van der Waals surface area contributed by atoms with Crippen molar-refractivity contribution in [1.82, 2.24) is 4.98 Å². The lowest BCUT2D eigenvalue weighted by molar-refractivity contribution is 0.607. The van der Waals surface area contributed by atoms with Crippen LogP contribution >= 0.6 is 11.3 Å². The first-order chi connectivity index (χ1) is 8.35. The Hall–Kier alpha value is -1.67. The molecular weight excluding hydrogens is 277 g/mol. The molecule has 0 bridgehead atoms. The summed E-state index contributed by atoms with van der Waals surface area (Å²) in [5.74, 6) is -0.494. The molecule has 1 aromatic carbocycles. The predicted molar refractivity (Wildman–Crippen MR) is 70.4 cm³/mol. The van der Waals surface area contributed by atoms with E-state index in [-0.39, 0.29) is 10.7 Å². The molecule has 0 aliphatic carbocycles. The van der Waals surface area contributed by atoms with Crippen LogP contribution in [0, 0.1) is 5.82 Å². The molecule has 0 saturated carbocycles. The van der Waals surface area contributed by atoms with Crippen molar-refractivity contribution in [3.63, 3.8) is 0 Å². The Morgan fingerprint density at radius 1 is 1.44 bits per heavy atom. The summed E-state index contributed by atoms with van der Waals surface area (Å²) in [5, 5.41) is 1.77. The van der Waals surface area contributed by atoms with Crippen molar-refractivity contribution in [1.29, 1.82) is 0 Å². The van der Waals surface area contributed by atoms with Gasteiger partial charge in [0.2, 0.25) is 10.0 Å². The van der Waals surface area contributed by atoms with Crippen LogP contribution in [0.3, 0.4) is 0 Å². The van der Waals surface area contributed by atoms with E-state index in [1.807, 2.05) is 0 Å². The van der Waals surface area contributed by atoms with Gasteiger partial charge in [-0.05, 0) is 18.2 Å². The van der Waals surface area contributed by atoms with Crippen molar-refractivity contribution in [2.24, 2.45) is 0 Å². The standard InChI is InChI=1S/C10H10FN3O2S2/c1-18(15,16)14-10-13-9(5-17-10)7-3-2-6(12)4-8(7)11/h2-5H,12H2,1H3,(H,13,14). The second kappa shape index (κ2) is 4.54. The molecule has 0 saturated heterocycles. The van der Waals surface area contributed by atoms with Gasteiger partial charge in [0, 0.05) is 16.6 Å². The molecule has 0 unspecified atom stereocenters. The average molecular weight is 287 g/mol. The molecule has 0 radical (unpaired) electrons.